The number of H-pyrrole nitrogens is 1. The maximum atomic E-state index is 12.1. The summed E-state index contributed by atoms with van der Waals surface area (Å²) in [5, 5.41) is 13.0. The number of hydrogen-bond donors (Lipinski definition) is 3. The molecule has 0 spiro atoms. The van der Waals surface area contributed by atoms with E-state index >= 15 is 0 Å². The van der Waals surface area contributed by atoms with Gasteiger partial charge >= 0.3 is 5.97 Å². The lowest BCUT2D eigenvalue weighted by Gasteiger charge is -2.05. The van der Waals surface area contributed by atoms with Gasteiger partial charge < -0.3 is 10.1 Å². The van der Waals surface area contributed by atoms with Crippen molar-refractivity contribution in [2.45, 2.75) is 25.3 Å². The van der Waals surface area contributed by atoms with Gasteiger partial charge in [-0.1, -0.05) is 0 Å². The summed E-state index contributed by atoms with van der Waals surface area (Å²) in [7, 11) is -1.99. The first kappa shape index (κ1) is 15.3. The van der Waals surface area contributed by atoms with Crippen LogP contribution in [0.25, 0.3) is 0 Å². The average Bonchev–Trinajstić information content (AvgIpc) is 2.96. The van der Waals surface area contributed by atoms with Crippen molar-refractivity contribution in [3.8, 4) is 0 Å². The Morgan fingerprint density at radius 3 is 2.62 bits per heavy atom. The summed E-state index contributed by atoms with van der Waals surface area (Å²) in [5.74, 6) is -1.21. The Hall–Kier alpha value is -2.13. The Balaban J connectivity index is 2.19. The third-order valence-corrected chi connectivity index (χ3v) is 4.68. The minimum Gasteiger partial charge on any atom is -0.477 e. The summed E-state index contributed by atoms with van der Waals surface area (Å²) >= 11 is 0. The summed E-state index contributed by atoms with van der Waals surface area (Å²) in [6.45, 7) is 3.75. The molecule has 0 aliphatic rings. The maximum Gasteiger partial charge on any atom is 0.352 e. The molecule has 0 aliphatic heterocycles. The Morgan fingerprint density at radius 1 is 1.48 bits per heavy atom. The SMILES string of the molecule is Cc1nn(C)c(C)c1CNS(=O)(=O)c1c[nH]c(C(=O)O)c1. The van der Waals surface area contributed by atoms with Crippen LogP contribution in [-0.4, -0.2) is 34.3 Å². The Morgan fingerprint density at radius 2 is 2.14 bits per heavy atom. The van der Waals surface area contributed by atoms with Crippen molar-refractivity contribution in [1.29, 1.82) is 0 Å². The number of sulfonamides is 1. The molecule has 2 aromatic rings. The second kappa shape index (κ2) is 5.34. The highest BCUT2D eigenvalue weighted by molar-refractivity contribution is 7.89. The molecule has 0 atom stereocenters. The van der Waals surface area contributed by atoms with Crippen LogP contribution in [0, 0.1) is 13.8 Å². The fourth-order valence-electron chi connectivity index (χ4n) is 1.98. The molecule has 2 heterocycles. The van der Waals surface area contributed by atoms with Gasteiger partial charge in [-0.3, -0.25) is 4.68 Å². The first-order valence-electron chi connectivity index (χ1n) is 6.13. The van der Waals surface area contributed by atoms with E-state index in [1.165, 1.54) is 0 Å². The average molecular weight is 312 g/mol. The number of carbonyl (C=O) groups is 1. The molecule has 2 aromatic heterocycles. The highest BCUT2D eigenvalue weighted by Gasteiger charge is 2.19. The molecule has 0 aliphatic carbocycles. The molecule has 2 rings (SSSR count). The third kappa shape index (κ3) is 2.98. The van der Waals surface area contributed by atoms with Gasteiger partial charge in [-0.15, -0.1) is 0 Å². The normalized spacial score (nSPS) is 11.8. The standard InChI is InChI=1S/C12H16N4O4S/c1-7-10(8(2)16(3)15-7)6-14-21(19,20)9-4-11(12(17)18)13-5-9/h4-5,13-14H,6H2,1-3H3,(H,17,18). The van der Waals surface area contributed by atoms with E-state index in [1.807, 2.05) is 6.92 Å². The molecule has 0 fully saturated rings. The van der Waals surface area contributed by atoms with Crippen LogP contribution in [0.1, 0.15) is 27.4 Å². The fraction of sp³-hybridized carbons (Fsp3) is 0.333. The number of aryl methyl sites for hydroxylation is 2. The number of aromatic amines is 1. The molecule has 0 amide bonds. The number of aromatic nitrogens is 3. The van der Waals surface area contributed by atoms with Crippen LogP contribution in [0.5, 0.6) is 0 Å². The second-order valence-electron chi connectivity index (χ2n) is 4.65. The summed E-state index contributed by atoms with van der Waals surface area (Å²) < 4.78 is 28.4. The van der Waals surface area contributed by atoms with Crippen LogP contribution in [0.4, 0.5) is 0 Å². The van der Waals surface area contributed by atoms with Crippen LogP contribution >= 0.6 is 0 Å². The van der Waals surface area contributed by atoms with Crippen LogP contribution in [0.3, 0.4) is 0 Å². The number of carboxylic acid groups (broad SMARTS) is 1. The largest absolute Gasteiger partial charge is 0.477 e. The summed E-state index contributed by atoms with van der Waals surface area (Å²) in [6.07, 6.45) is 1.15. The predicted octanol–water partition coefficient (Wildman–Crippen LogP) is 0.542. The number of aromatic carboxylic acids is 1. The van der Waals surface area contributed by atoms with E-state index in [0.29, 0.717) is 0 Å². The van der Waals surface area contributed by atoms with Crippen LogP contribution in [0.2, 0.25) is 0 Å². The molecule has 0 saturated heterocycles. The molecular formula is C12H16N4O4S. The van der Waals surface area contributed by atoms with Gasteiger partial charge in [-0.2, -0.15) is 5.10 Å². The number of hydrogen-bond acceptors (Lipinski definition) is 4. The molecule has 0 unspecified atom stereocenters. The highest BCUT2D eigenvalue weighted by atomic mass is 32.2. The smallest absolute Gasteiger partial charge is 0.352 e. The highest BCUT2D eigenvalue weighted by Crippen LogP contribution is 2.15. The number of carboxylic acids is 1. The van der Waals surface area contributed by atoms with Crippen molar-refractivity contribution in [3.05, 3.63) is 34.9 Å². The van der Waals surface area contributed by atoms with Gasteiger partial charge in [0.15, 0.2) is 0 Å². The van der Waals surface area contributed by atoms with Crippen molar-refractivity contribution in [3.63, 3.8) is 0 Å². The van der Waals surface area contributed by atoms with E-state index in [2.05, 4.69) is 14.8 Å². The second-order valence-corrected chi connectivity index (χ2v) is 6.42. The van der Waals surface area contributed by atoms with Crippen molar-refractivity contribution in [2.75, 3.05) is 0 Å². The van der Waals surface area contributed by atoms with Crippen LogP contribution < -0.4 is 4.72 Å². The van der Waals surface area contributed by atoms with E-state index in [4.69, 9.17) is 5.11 Å². The lowest BCUT2D eigenvalue weighted by Crippen LogP contribution is -2.23. The van der Waals surface area contributed by atoms with Crippen molar-refractivity contribution in [1.82, 2.24) is 19.5 Å². The summed E-state index contributed by atoms with van der Waals surface area (Å²) in [5.41, 5.74) is 2.24. The van der Waals surface area contributed by atoms with Gasteiger partial charge in [0.2, 0.25) is 10.0 Å². The van der Waals surface area contributed by atoms with E-state index in [9.17, 15) is 13.2 Å². The van der Waals surface area contributed by atoms with Crippen LogP contribution in [-0.2, 0) is 23.6 Å². The molecular weight excluding hydrogens is 296 g/mol. The molecule has 0 radical (unpaired) electrons. The minimum atomic E-state index is -3.78. The summed E-state index contributed by atoms with van der Waals surface area (Å²) in [4.78, 5) is 13.0. The minimum absolute atomic E-state index is 0.0986. The first-order chi connectivity index (χ1) is 9.72. The van der Waals surface area contributed by atoms with Gasteiger partial charge in [0, 0.05) is 31.0 Å². The lowest BCUT2D eigenvalue weighted by atomic mass is 10.2. The van der Waals surface area contributed by atoms with Gasteiger partial charge in [-0.25, -0.2) is 17.9 Å². The zero-order valence-corrected chi connectivity index (χ0v) is 12.7. The monoisotopic (exact) mass is 312 g/mol. The lowest BCUT2D eigenvalue weighted by molar-refractivity contribution is 0.0691. The molecule has 3 N–H and O–H groups in total. The summed E-state index contributed by atoms with van der Waals surface area (Å²) in [6, 6.07) is 1.08. The van der Waals surface area contributed by atoms with Gasteiger partial charge in [0.25, 0.3) is 0 Å². The molecule has 114 valence electrons. The van der Waals surface area contributed by atoms with Crippen molar-refractivity contribution in [2.24, 2.45) is 7.05 Å². The maximum absolute atomic E-state index is 12.1. The molecule has 21 heavy (non-hydrogen) atoms. The molecule has 9 heteroatoms. The van der Waals surface area contributed by atoms with E-state index in [0.717, 1.165) is 29.2 Å². The number of rotatable bonds is 5. The van der Waals surface area contributed by atoms with Crippen molar-refractivity contribution >= 4 is 16.0 Å². The van der Waals surface area contributed by atoms with E-state index in [-0.39, 0.29) is 17.1 Å². The number of nitrogens with one attached hydrogen (secondary N) is 2. The topological polar surface area (TPSA) is 117 Å². The molecule has 8 nitrogen and oxygen atoms in total. The van der Waals surface area contributed by atoms with E-state index in [1.54, 1.807) is 18.7 Å². The molecule has 0 saturated carbocycles. The van der Waals surface area contributed by atoms with Gasteiger partial charge in [-0.05, 0) is 19.9 Å². The number of nitrogens with zero attached hydrogens (tertiary/aromatic N) is 2. The zero-order valence-electron chi connectivity index (χ0n) is 11.8. The van der Waals surface area contributed by atoms with E-state index < -0.39 is 16.0 Å². The third-order valence-electron chi connectivity index (χ3n) is 3.30. The first-order valence-corrected chi connectivity index (χ1v) is 7.61. The molecule has 0 bridgehead atoms. The quantitative estimate of drug-likeness (QED) is 0.745. The Kier molecular flexibility index (Phi) is 3.88. The van der Waals surface area contributed by atoms with Crippen molar-refractivity contribution < 1.29 is 18.3 Å². The fourth-order valence-corrected chi connectivity index (χ4v) is 2.97. The molecule has 0 aromatic carbocycles. The van der Waals surface area contributed by atoms with Gasteiger partial charge in [0.05, 0.1) is 5.69 Å². The Labute approximate surface area is 121 Å². The van der Waals surface area contributed by atoms with Gasteiger partial charge in [0.1, 0.15) is 10.6 Å². The Bertz CT molecular complexity index is 788. The van der Waals surface area contributed by atoms with Crippen LogP contribution in [0.15, 0.2) is 17.2 Å². The predicted molar refractivity (Wildman–Crippen MR) is 74.5 cm³/mol. The zero-order chi connectivity index (χ0) is 15.8.